The number of nitrogens with one attached hydrogen (secondary N) is 1. The van der Waals surface area contributed by atoms with Crippen molar-refractivity contribution in [2.75, 3.05) is 32.6 Å². The molecule has 35 heavy (non-hydrogen) atoms. The number of rotatable bonds is 7. The van der Waals surface area contributed by atoms with Crippen molar-refractivity contribution in [3.63, 3.8) is 0 Å². The first-order valence-corrected chi connectivity index (χ1v) is 13.4. The van der Waals surface area contributed by atoms with Gasteiger partial charge in [0.2, 0.25) is 0 Å². The molecule has 3 heterocycles. The maximum atomic E-state index is 13.1. The van der Waals surface area contributed by atoms with Crippen molar-refractivity contribution in [1.29, 1.82) is 0 Å². The average molecular weight is 495 g/mol. The van der Waals surface area contributed by atoms with Crippen LogP contribution in [-0.4, -0.2) is 38.1 Å². The summed E-state index contributed by atoms with van der Waals surface area (Å²) in [6, 6.07) is 9.55. The van der Waals surface area contributed by atoms with Crippen molar-refractivity contribution >= 4 is 22.2 Å². The summed E-state index contributed by atoms with van der Waals surface area (Å²) in [5.41, 5.74) is 3.74. The predicted octanol–water partition coefficient (Wildman–Crippen LogP) is 6.31. The van der Waals surface area contributed by atoms with Crippen LogP contribution in [0, 0.1) is 5.92 Å². The molecular weight excluding hydrogens is 460 g/mol. The molecule has 0 saturated carbocycles. The number of carbonyl (C=O) groups excluding carboxylic acids is 1. The fraction of sp³-hybridized carbons (Fsp3) is 0.464. The van der Waals surface area contributed by atoms with Gasteiger partial charge in [-0.05, 0) is 87.4 Å². The summed E-state index contributed by atoms with van der Waals surface area (Å²) in [5, 5.41) is 4.15. The van der Waals surface area contributed by atoms with Crippen molar-refractivity contribution in [3.05, 3.63) is 63.9 Å². The second-order valence-electron chi connectivity index (χ2n) is 9.61. The summed E-state index contributed by atoms with van der Waals surface area (Å²) < 4.78 is 16.8. The fourth-order valence-electron chi connectivity index (χ4n) is 5.41. The Kier molecular flexibility index (Phi) is 7.16. The van der Waals surface area contributed by atoms with Crippen LogP contribution in [0.2, 0.25) is 0 Å². The Morgan fingerprint density at radius 2 is 1.94 bits per heavy atom. The molecule has 186 valence electrons. The molecular formula is C28H34N2O4S. The molecule has 7 heteroatoms. The Balaban J connectivity index is 1.64. The highest BCUT2D eigenvalue weighted by molar-refractivity contribution is 7.16. The summed E-state index contributed by atoms with van der Waals surface area (Å²) in [4.78, 5) is 17.0. The van der Waals surface area contributed by atoms with Crippen molar-refractivity contribution < 1.29 is 18.7 Å². The van der Waals surface area contributed by atoms with Crippen LogP contribution in [0.1, 0.15) is 70.8 Å². The van der Waals surface area contributed by atoms with E-state index in [0.717, 1.165) is 66.8 Å². The lowest BCUT2D eigenvalue weighted by Gasteiger charge is -2.38. The van der Waals surface area contributed by atoms with Crippen molar-refractivity contribution in [2.24, 2.45) is 5.92 Å². The normalized spacial score (nSPS) is 17.6. The number of fused-ring (bicyclic) bond motifs is 1. The third-order valence-corrected chi connectivity index (χ3v) is 8.60. The van der Waals surface area contributed by atoms with Gasteiger partial charge in [0.1, 0.15) is 16.5 Å². The number of aryl methyl sites for hydroxylation is 1. The summed E-state index contributed by atoms with van der Waals surface area (Å²) in [6.07, 6.45) is 8.33. The molecule has 1 fully saturated rings. The molecule has 5 rings (SSSR count). The van der Waals surface area contributed by atoms with E-state index in [2.05, 4.69) is 23.2 Å². The molecule has 1 saturated heterocycles. The second kappa shape index (κ2) is 10.5. The van der Waals surface area contributed by atoms with Crippen LogP contribution in [0.3, 0.4) is 0 Å². The first-order chi connectivity index (χ1) is 17.1. The van der Waals surface area contributed by atoms with Crippen LogP contribution in [0.4, 0.5) is 5.00 Å². The summed E-state index contributed by atoms with van der Waals surface area (Å²) >= 11 is 1.73. The van der Waals surface area contributed by atoms with Gasteiger partial charge in [-0.2, -0.15) is 0 Å². The Morgan fingerprint density at radius 3 is 2.66 bits per heavy atom. The highest BCUT2D eigenvalue weighted by Gasteiger charge is 2.35. The fourth-order valence-corrected chi connectivity index (χ4v) is 6.73. The molecule has 1 amide bonds. The van der Waals surface area contributed by atoms with Crippen LogP contribution in [-0.2, 0) is 12.8 Å². The van der Waals surface area contributed by atoms with Crippen LogP contribution in [0.5, 0.6) is 11.5 Å². The number of carbonyl (C=O) groups is 1. The van der Waals surface area contributed by atoms with E-state index in [1.54, 1.807) is 37.7 Å². The van der Waals surface area contributed by atoms with Gasteiger partial charge in [0, 0.05) is 22.1 Å². The van der Waals surface area contributed by atoms with Gasteiger partial charge >= 0.3 is 0 Å². The van der Waals surface area contributed by atoms with Gasteiger partial charge in [-0.1, -0.05) is 6.92 Å². The lowest BCUT2D eigenvalue weighted by Crippen LogP contribution is -2.37. The number of hydrogen-bond donors (Lipinski definition) is 1. The number of nitrogens with zero attached hydrogens (tertiary/aromatic N) is 1. The van der Waals surface area contributed by atoms with Gasteiger partial charge in [0.25, 0.3) is 5.91 Å². The smallest absolute Gasteiger partial charge is 0.291 e. The number of hydrogen-bond acceptors (Lipinski definition) is 6. The molecule has 2 aliphatic rings. The molecule has 6 nitrogen and oxygen atoms in total. The maximum Gasteiger partial charge on any atom is 0.291 e. The minimum absolute atomic E-state index is 0.00615. The molecule has 0 bridgehead atoms. The zero-order chi connectivity index (χ0) is 24.4. The number of methoxy groups -OCH3 is 2. The van der Waals surface area contributed by atoms with E-state index < -0.39 is 0 Å². The first-order valence-electron chi connectivity index (χ1n) is 12.5. The molecule has 1 N–H and O–H groups in total. The summed E-state index contributed by atoms with van der Waals surface area (Å²) in [5.74, 6) is 2.43. The van der Waals surface area contributed by atoms with Crippen molar-refractivity contribution in [1.82, 2.24) is 4.90 Å². The number of piperidine rings is 1. The average Bonchev–Trinajstić information content (AvgIpc) is 3.54. The predicted molar refractivity (Wildman–Crippen MR) is 139 cm³/mol. The molecule has 0 unspecified atom stereocenters. The monoisotopic (exact) mass is 494 g/mol. The number of furan rings is 1. The number of ether oxygens (including phenoxy) is 2. The highest BCUT2D eigenvalue weighted by Crippen LogP contribution is 2.48. The van der Waals surface area contributed by atoms with Gasteiger partial charge < -0.3 is 19.2 Å². The topological polar surface area (TPSA) is 63.9 Å². The minimum atomic E-state index is -0.206. The molecule has 1 aliphatic heterocycles. The quantitative estimate of drug-likeness (QED) is 0.417. The Bertz CT molecular complexity index is 1160. The van der Waals surface area contributed by atoms with Crippen LogP contribution in [0.15, 0.2) is 41.0 Å². The van der Waals surface area contributed by atoms with Gasteiger partial charge in [0.15, 0.2) is 5.76 Å². The van der Waals surface area contributed by atoms with Crippen molar-refractivity contribution in [2.45, 2.75) is 51.5 Å². The SMILES string of the molecule is COc1ccc([C@H](c2c(NC(=O)c3ccco3)sc3c2CCCC3)N2CCC(C)CC2)c(OC)c1. The van der Waals surface area contributed by atoms with Crippen LogP contribution in [0.25, 0.3) is 0 Å². The lowest BCUT2D eigenvalue weighted by atomic mass is 9.86. The molecule has 3 aromatic rings. The molecule has 1 atom stereocenters. The van der Waals surface area contributed by atoms with Crippen molar-refractivity contribution in [3.8, 4) is 11.5 Å². The maximum absolute atomic E-state index is 13.1. The Hall–Kier alpha value is -2.77. The van der Waals surface area contributed by atoms with E-state index in [9.17, 15) is 4.79 Å². The van der Waals surface area contributed by atoms with E-state index in [1.807, 2.05) is 12.1 Å². The van der Waals surface area contributed by atoms with Gasteiger partial charge in [0.05, 0.1) is 26.5 Å². The van der Waals surface area contributed by atoms with Gasteiger partial charge in [-0.15, -0.1) is 11.3 Å². The Morgan fingerprint density at radius 1 is 1.14 bits per heavy atom. The largest absolute Gasteiger partial charge is 0.497 e. The molecule has 0 radical (unpaired) electrons. The van der Waals surface area contributed by atoms with Crippen LogP contribution >= 0.6 is 11.3 Å². The third-order valence-electron chi connectivity index (χ3n) is 7.38. The zero-order valence-corrected chi connectivity index (χ0v) is 21.6. The second-order valence-corrected chi connectivity index (χ2v) is 10.7. The van der Waals surface area contributed by atoms with E-state index in [4.69, 9.17) is 13.9 Å². The summed E-state index contributed by atoms with van der Waals surface area (Å²) in [7, 11) is 3.39. The first kappa shape index (κ1) is 23.9. The summed E-state index contributed by atoms with van der Waals surface area (Å²) in [6.45, 7) is 4.36. The number of amides is 1. The van der Waals surface area contributed by atoms with Gasteiger partial charge in [-0.3, -0.25) is 9.69 Å². The van der Waals surface area contributed by atoms with E-state index >= 15 is 0 Å². The number of likely N-dealkylation sites (tertiary alicyclic amines) is 1. The zero-order valence-electron chi connectivity index (χ0n) is 20.8. The minimum Gasteiger partial charge on any atom is -0.497 e. The third kappa shape index (κ3) is 4.84. The van der Waals surface area contributed by atoms with E-state index in [-0.39, 0.29) is 11.9 Å². The Labute approximate surface area is 211 Å². The van der Waals surface area contributed by atoms with E-state index in [1.165, 1.54) is 35.1 Å². The molecule has 2 aromatic heterocycles. The number of anilines is 1. The highest BCUT2D eigenvalue weighted by atomic mass is 32.1. The van der Waals surface area contributed by atoms with Gasteiger partial charge in [-0.25, -0.2) is 0 Å². The number of benzene rings is 1. The molecule has 0 spiro atoms. The molecule has 1 aliphatic carbocycles. The van der Waals surface area contributed by atoms with E-state index in [0.29, 0.717) is 5.76 Å². The molecule has 1 aromatic carbocycles. The lowest BCUT2D eigenvalue weighted by molar-refractivity contribution is 0.0996. The standard InChI is InChI=1S/C28H34N2O4S/c1-18-12-14-30(15-13-18)26(20-11-10-19(32-2)17-23(20)33-3)25-21-7-4-5-9-24(21)35-28(25)29-27(31)22-8-6-16-34-22/h6,8,10-11,16-18,26H,4-5,7,9,12-15H2,1-3H3,(H,29,31)/t26-/m1/s1. The van der Waals surface area contributed by atoms with Crippen LogP contribution < -0.4 is 14.8 Å². The number of thiophene rings is 1.